The van der Waals surface area contributed by atoms with Crippen molar-refractivity contribution in [2.45, 2.75) is 20.8 Å². The molecule has 0 atom stereocenters. The summed E-state index contributed by atoms with van der Waals surface area (Å²) in [6.07, 6.45) is 1.75. The van der Waals surface area contributed by atoms with Crippen molar-refractivity contribution in [2.75, 3.05) is 18.2 Å². The van der Waals surface area contributed by atoms with Gasteiger partial charge in [0.05, 0.1) is 18.4 Å². The zero-order valence-corrected chi connectivity index (χ0v) is 14.7. The van der Waals surface area contributed by atoms with Gasteiger partial charge in [-0.2, -0.15) is 10.4 Å². The van der Waals surface area contributed by atoms with Crippen LogP contribution in [0, 0.1) is 18.3 Å². The molecule has 5 nitrogen and oxygen atoms in total. The fraction of sp³-hybridized carbons (Fsp3) is 0.278. The van der Waals surface area contributed by atoms with E-state index in [1.165, 1.54) is 0 Å². The molecule has 124 valence electrons. The van der Waals surface area contributed by atoms with Gasteiger partial charge >= 0.3 is 0 Å². The van der Waals surface area contributed by atoms with Gasteiger partial charge in [0.1, 0.15) is 17.0 Å². The average molecular weight is 343 g/mol. The standard InChI is InChI=1S/C18H19ClN4O/c1-4-23(17-10-13(3)16(11-20)18(19)22-17)21-12-14-6-8-15(9-7-14)24-5-2/h6-10,12H,4-5H2,1-3H3/b21-12-. The van der Waals surface area contributed by atoms with E-state index < -0.39 is 0 Å². The van der Waals surface area contributed by atoms with Crippen LogP contribution >= 0.6 is 11.6 Å². The molecular weight excluding hydrogens is 324 g/mol. The number of aryl methyl sites for hydroxylation is 1. The van der Waals surface area contributed by atoms with E-state index in [9.17, 15) is 0 Å². The van der Waals surface area contributed by atoms with E-state index in [0.29, 0.717) is 24.5 Å². The maximum Gasteiger partial charge on any atom is 0.150 e. The normalized spacial score (nSPS) is 10.6. The molecule has 0 radical (unpaired) electrons. The van der Waals surface area contributed by atoms with E-state index in [1.54, 1.807) is 11.2 Å². The molecule has 1 aromatic carbocycles. The second-order valence-corrected chi connectivity index (χ2v) is 5.40. The summed E-state index contributed by atoms with van der Waals surface area (Å²) in [6, 6.07) is 11.6. The highest BCUT2D eigenvalue weighted by molar-refractivity contribution is 6.30. The molecule has 2 rings (SSSR count). The van der Waals surface area contributed by atoms with Crippen LogP contribution in [0.4, 0.5) is 5.82 Å². The van der Waals surface area contributed by atoms with Crippen molar-refractivity contribution in [2.24, 2.45) is 5.10 Å². The number of halogens is 1. The van der Waals surface area contributed by atoms with Gasteiger partial charge in [0.25, 0.3) is 0 Å². The summed E-state index contributed by atoms with van der Waals surface area (Å²) in [7, 11) is 0. The summed E-state index contributed by atoms with van der Waals surface area (Å²) in [5, 5.41) is 15.5. The Bertz CT molecular complexity index is 743. The number of rotatable bonds is 6. The van der Waals surface area contributed by atoms with Gasteiger partial charge in [-0.05, 0) is 62.2 Å². The van der Waals surface area contributed by atoms with Crippen LogP contribution in [0.1, 0.15) is 30.5 Å². The number of nitriles is 1. The summed E-state index contributed by atoms with van der Waals surface area (Å²) >= 11 is 6.07. The summed E-state index contributed by atoms with van der Waals surface area (Å²) < 4.78 is 5.42. The molecule has 0 bridgehead atoms. The Morgan fingerprint density at radius 2 is 2.04 bits per heavy atom. The zero-order chi connectivity index (χ0) is 17.5. The van der Waals surface area contributed by atoms with E-state index in [1.807, 2.05) is 51.1 Å². The molecule has 1 heterocycles. The molecule has 6 heteroatoms. The van der Waals surface area contributed by atoms with Crippen LogP contribution in [-0.4, -0.2) is 24.4 Å². The van der Waals surface area contributed by atoms with Crippen LogP contribution in [0.3, 0.4) is 0 Å². The summed E-state index contributed by atoms with van der Waals surface area (Å²) in [5.41, 5.74) is 2.13. The number of ether oxygens (including phenoxy) is 1. The monoisotopic (exact) mass is 342 g/mol. The lowest BCUT2D eigenvalue weighted by Gasteiger charge is -2.17. The van der Waals surface area contributed by atoms with Crippen LogP contribution in [-0.2, 0) is 0 Å². The highest BCUT2D eigenvalue weighted by Gasteiger charge is 2.11. The van der Waals surface area contributed by atoms with Crippen molar-refractivity contribution in [3.8, 4) is 11.8 Å². The Hall–Kier alpha value is -2.58. The van der Waals surface area contributed by atoms with Crippen LogP contribution in [0.15, 0.2) is 35.4 Å². The van der Waals surface area contributed by atoms with E-state index in [2.05, 4.69) is 16.2 Å². The van der Waals surface area contributed by atoms with Crippen molar-refractivity contribution in [1.29, 1.82) is 5.26 Å². The quantitative estimate of drug-likeness (QED) is 0.449. The minimum atomic E-state index is 0.196. The summed E-state index contributed by atoms with van der Waals surface area (Å²) in [4.78, 5) is 4.26. The van der Waals surface area contributed by atoms with Gasteiger partial charge in [-0.25, -0.2) is 9.99 Å². The minimum absolute atomic E-state index is 0.196. The topological polar surface area (TPSA) is 61.5 Å². The Labute approximate surface area is 147 Å². The third-order valence-electron chi connectivity index (χ3n) is 3.37. The number of nitrogens with zero attached hydrogens (tertiary/aromatic N) is 4. The van der Waals surface area contributed by atoms with Gasteiger partial charge < -0.3 is 4.74 Å². The van der Waals surface area contributed by atoms with Gasteiger partial charge in [0, 0.05) is 6.54 Å². The highest BCUT2D eigenvalue weighted by Crippen LogP contribution is 2.23. The largest absolute Gasteiger partial charge is 0.494 e. The molecule has 0 unspecified atom stereocenters. The lowest BCUT2D eigenvalue weighted by atomic mass is 10.2. The molecule has 24 heavy (non-hydrogen) atoms. The second-order valence-electron chi connectivity index (χ2n) is 5.04. The molecule has 0 saturated heterocycles. The summed E-state index contributed by atoms with van der Waals surface area (Å²) in [6.45, 7) is 7.02. The van der Waals surface area contributed by atoms with Crippen molar-refractivity contribution < 1.29 is 4.74 Å². The molecule has 0 N–H and O–H groups in total. The van der Waals surface area contributed by atoms with Gasteiger partial charge in [0.15, 0.2) is 5.82 Å². The third kappa shape index (κ3) is 4.24. The zero-order valence-electron chi connectivity index (χ0n) is 14.0. The molecule has 0 amide bonds. The van der Waals surface area contributed by atoms with Gasteiger partial charge in [-0.3, -0.25) is 0 Å². The Morgan fingerprint density at radius 1 is 1.33 bits per heavy atom. The van der Waals surface area contributed by atoms with E-state index in [-0.39, 0.29) is 5.15 Å². The van der Waals surface area contributed by atoms with Crippen LogP contribution in [0.2, 0.25) is 5.15 Å². The van der Waals surface area contributed by atoms with Crippen molar-refractivity contribution >= 4 is 23.6 Å². The molecule has 0 aliphatic carbocycles. The van der Waals surface area contributed by atoms with Crippen molar-refractivity contribution in [3.63, 3.8) is 0 Å². The van der Waals surface area contributed by atoms with Crippen LogP contribution < -0.4 is 9.75 Å². The molecule has 0 saturated carbocycles. The number of anilines is 1. The smallest absolute Gasteiger partial charge is 0.150 e. The van der Waals surface area contributed by atoms with Crippen molar-refractivity contribution in [1.82, 2.24) is 4.98 Å². The van der Waals surface area contributed by atoms with Gasteiger partial charge in [-0.1, -0.05) is 11.6 Å². The van der Waals surface area contributed by atoms with Crippen molar-refractivity contribution in [3.05, 3.63) is 52.2 Å². The maximum absolute atomic E-state index is 9.07. The number of pyridine rings is 1. The molecule has 1 aromatic heterocycles. The SMILES string of the molecule is CCOc1ccc(/C=N\N(CC)c2cc(C)c(C#N)c(Cl)n2)cc1. The van der Waals surface area contributed by atoms with E-state index in [4.69, 9.17) is 21.6 Å². The van der Waals surface area contributed by atoms with Gasteiger partial charge in [-0.15, -0.1) is 0 Å². The molecule has 0 spiro atoms. The Morgan fingerprint density at radius 3 is 2.58 bits per heavy atom. The molecule has 0 aliphatic heterocycles. The van der Waals surface area contributed by atoms with Gasteiger partial charge in [0.2, 0.25) is 0 Å². The first-order valence-corrected chi connectivity index (χ1v) is 8.08. The molecular formula is C18H19ClN4O. The summed E-state index contributed by atoms with van der Waals surface area (Å²) in [5.74, 6) is 1.44. The molecule has 2 aromatic rings. The second kappa shape index (κ2) is 8.32. The van der Waals surface area contributed by atoms with E-state index in [0.717, 1.165) is 16.9 Å². The molecule has 0 aliphatic rings. The lowest BCUT2D eigenvalue weighted by Crippen LogP contribution is -2.17. The number of benzene rings is 1. The Balaban J connectivity index is 2.21. The predicted octanol–water partition coefficient (Wildman–Crippen LogP) is 4.17. The third-order valence-corrected chi connectivity index (χ3v) is 3.65. The first-order valence-electron chi connectivity index (χ1n) is 7.70. The lowest BCUT2D eigenvalue weighted by molar-refractivity contribution is 0.340. The number of hydrazone groups is 1. The first-order chi connectivity index (χ1) is 11.6. The van der Waals surface area contributed by atoms with Crippen LogP contribution in [0.5, 0.6) is 5.75 Å². The maximum atomic E-state index is 9.07. The minimum Gasteiger partial charge on any atom is -0.494 e. The fourth-order valence-corrected chi connectivity index (χ4v) is 2.42. The predicted molar refractivity (Wildman–Crippen MR) is 96.9 cm³/mol. The molecule has 0 fully saturated rings. The first kappa shape index (κ1) is 17.8. The van der Waals surface area contributed by atoms with E-state index >= 15 is 0 Å². The number of aromatic nitrogens is 1. The number of hydrogen-bond acceptors (Lipinski definition) is 5. The highest BCUT2D eigenvalue weighted by atomic mass is 35.5. The van der Waals surface area contributed by atoms with Crippen LogP contribution in [0.25, 0.3) is 0 Å². The Kier molecular flexibility index (Phi) is 6.16. The average Bonchev–Trinajstić information content (AvgIpc) is 2.57. The fourth-order valence-electron chi connectivity index (χ4n) is 2.14. The number of hydrogen-bond donors (Lipinski definition) is 0.